The first kappa shape index (κ1) is 19.7. The van der Waals surface area contributed by atoms with Crippen molar-refractivity contribution in [2.24, 2.45) is 11.8 Å². The van der Waals surface area contributed by atoms with Gasteiger partial charge in [-0.05, 0) is 17.7 Å². The van der Waals surface area contributed by atoms with Crippen molar-refractivity contribution < 1.29 is 28.3 Å². The molecule has 2 aliphatic heterocycles. The third kappa shape index (κ3) is 2.40. The molecule has 162 valence electrons. The average molecular weight is 441 g/mol. The number of rotatable bonds is 2. The molecule has 0 aromatic heterocycles. The summed E-state index contributed by atoms with van der Waals surface area (Å²) in [5, 5.41) is 0. The predicted molar refractivity (Wildman–Crippen MR) is 114 cm³/mol. The van der Waals surface area contributed by atoms with Crippen molar-refractivity contribution in [2.45, 2.75) is 11.7 Å². The predicted octanol–water partition coefficient (Wildman–Crippen LogP) is 3.52. The van der Waals surface area contributed by atoms with Gasteiger partial charge in [0.25, 0.3) is 0 Å². The largest absolute Gasteiger partial charge is 0.349 e. The first-order valence-corrected chi connectivity index (χ1v) is 10.5. The zero-order chi connectivity index (χ0) is 22.9. The second-order valence-electron chi connectivity index (χ2n) is 8.36. The van der Waals surface area contributed by atoms with E-state index in [4.69, 9.17) is 4.74 Å². The van der Waals surface area contributed by atoms with Gasteiger partial charge in [0, 0.05) is 11.1 Å². The van der Waals surface area contributed by atoms with Gasteiger partial charge in [-0.3, -0.25) is 19.2 Å². The molecule has 33 heavy (non-hydrogen) atoms. The molecule has 0 unspecified atom stereocenters. The summed E-state index contributed by atoms with van der Waals surface area (Å²) in [6, 6.07) is 20.4. The highest BCUT2D eigenvalue weighted by Gasteiger charge is 2.74. The SMILES string of the molecule is O=C1[C@@H]2[C@H](c3ccccc3)OC3(C(=O)c4ccccc4C3=O)[C@H]2C(=O)N1c1ccccc1F. The van der Waals surface area contributed by atoms with E-state index in [2.05, 4.69) is 0 Å². The van der Waals surface area contributed by atoms with E-state index < -0.39 is 52.7 Å². The number of benzene rings is 3. The van der Waals surface area contributed by atoms with Gasteiger partial charge in [-0.25, -0.2) is 9.29 Å². The van der Waals surface area contributed by atoms with Crippen LogP contribution < -0.4 is 4.90 Å². The van der Waals surface area contributed by atoms with Gasteiger partial charge in [0.15, 0.2) is 0 Å². The Balaban J connectivity index is 1.57. The highest BCUT2D eigenvalue weighted by Crippen LogP contribution is 2.57. The number of hydrogen-bond donors (Lipinski definition) is 0. The Hall–Kier alpha value is -3.97. The van der Waals surface area contributed by atoms with Crippen molar-refractivity contribution in [3.63, 3.8) is 0 Å². The van der Waals surface area contributed by atoms with Crippen molar-refractivity contribution in [3.05, 3.63) is 101 Å². The highest BCUT2D eigenvalue weighted by atomic mass is 19.1. The monoisotopic (exact) mass is 441 g/mol. The minimum Gasteiger partial charge on any atom is -0.349 e. The zero-order valence-electron chi connectivity index (χ0n) is 17.1. The van der Waals surface area contributed by atoms with Crippen LogP contribution in [0.4, 0.5) is 10.1 Å². The van der Waals surface area contributed by atoms with Crippen LogP contribution in [0.25, 0.3) is 0 Å². The molecular weight excluding hydrogens is 425 g/mol. The van der Waals surface area contributed by atoms with Crippen LogP contribution in [0.15, 0.2) is 78.9 Å². The lowest BCUT2D eigenvalue weighted by Gasteiger charge is -2.27. The zero-order valence-corrected chi connectivity index (χ0v) is 17.1. The number of hydrogen-bond acceptors (Lipinski definition) is 5. The minimum absolute atomic E-state index is 0.152. The van der Waals surface area contributed by atoms with E-state index in [1.54, 1.807) is 42.5 Å². The van der Waals surface area contributed by atoms with E-state index in [9.17, 15) is 23.6 Å². The lowest BCUT2D eigenvalue weighted by atomic mass is 9.77. The number of carbonyl (C=O) groups excluding carboxylic acids is 4. The maximum absolute atomic E-state index is 14.6. The fraction of sp³-hybridized carbons (Fsp3) is 0.154. The number of para-hydroxylation sites is 1. The first-order chi connectivity index (χ1) is 16.0. The molecule has 3 aliphatic rings. The number of halogens is 1. The van der Waals surface area contributed by atoms with E-state index in [0.717, 1.165) is 11.0 Å². The summed E-state index contributed by atoms with van der Waals surface area (Å²) in [5.41, 5.74) is -1.52. The van der Waals surface area contributed by atoms with Crippen molar-refractivity contribution in [1.29, 1.82) is 0 Å². The Morgan fingerprint density at radius 1 is 0.727 bits per heavy atom. The summed E-state index contributed by atoms with van der Waals surface area (Å²) in [4.78, 5) is 55.3. The molecule has 0 radical (unpaired) electrons. The number of ketones is 2. The Morgan fingerprint density at radius 3 is 1.94 bits per heavy atom. The third-order valence-electron chi connectivity index (χ3n) is 6.74. The van der Waals surface area contributed by atoms with Gasteiger partial charge in [-0.15, -0.1) is 0 Å². The molecular formula is C26H16FNO5. The normalized spacial score (nSPS) is 25.1. The first-order valence-electron chi connectivity index (χ1n) is 10.5. The fourth-order valence-corrected chi connectivity index (χ4v) is 5.33. The van der Waals surface area contributed by atoms with E-state index in [1.165, 1.54) is 30.3 Å². The number of amides is 2. The van der Waals surface area contributed by atoms with Crippen molar-refractivity contribution in [2.75, 3.05) is 4.90 Å². The van der Waals surface area contributed by atoms with Crippen LogP contribution in [-0.4, -0.2) is 29.0 Å². The topological polar surface area (TPSA) is 80.8 Å². The molecule has 1 spiro atoms. The molecule has 0 bridgehead atoms. The summed E-state index contributed by atoms with van der Waals surface area (Å²) >= 11 is 0. The number of imide groups is 1. The van der Waals surface area contributed by atoms with Crippen LogP contribution in [0.2, 0.25) is 0 Å². The van der Waals surface area contributed by atoms with Crippen LogP contribution in [-0.2, 0) is 14.3 Å². The Bertz CT molecular complexity index is 1330. The summed E-state index contributed by atoms with van der Waals surface area (Å²) in [5.74, 6) is -6.11. The van der Waals surface area contributed by atoms with Gasteiger partial charge in [0.1, 0.15) is 5.82 Å². The van der Waals surface area contributed by atoms with Crippen LogP contribution in [0.3, 0.4) is 0 Å². The highest BCUT2D eigenvalue weighted by molar-refractivity contribution is 6.37. The van der Waals surface area contributed by atoms with Crippen LogP contribution in [0.1, 0.15) is 32.4 Å². The molecule has 3 aromatic carbocycles. The van der Waals surface area contributed by atoms with E-state index in [0.29, 0.717) is 5.56 Å². The van der Waals surface area contributed by atoms with E-state index >= 15 is 0 Å². The van der Waals surface area contributed by atoms with Gasteiger partial charge in [0.05, 0.1) is 23.6 Å². The Morgan fingerprint density at radius 2 is 1.30 bits per heavy atom. The summed E-state index contributed by atoms with van der Waals surface area (Å²) in [7, 11) is 0. The number of carbonyl (C=O) groups is 4. The van der Waals surface area contributed by atoms with Crippen LogP contribution >= 0.6 is 0 Å². The molecule has 7 heteroatoms. The van der Waals surface area contributed by atoms with Gasteiger partial charge < -0.3 is 4.74 Å². The molecule has 6 nitrogen and oxygen atoms in total. The molecule has 2 saturated heterocycles. The van der Waals surface area contributed by atoms with Crippen LogP contribution in [0, 0.1) is 17.7 Å². The van der Waals surface area contributed by atoms with E-state index in [1.807, 2.05) is 0 Å². The average Bonchev–Trinajstić information content (AvgIpc) is 3.40. The van der Waals surface area contributed by atoms with Crippen molar-refractivity contribution in [3.8, 4) is 0 Å². The standard InChI is InChI=1S/C26H16FNO5/c27-17-12-6-7-13-18(17)28-24(31)19-20(25(28)32)26(33-21(19)14-8-2-1-3-9-14)22(29)15-10-4-5-11-16(15)23(26)30/h1-13,19-21H/t19-,20+,21-/m0/s1. The lowest BCUT2D eigenvalue weighted by Crippen LogP contribution is -2.51. The number of ether oxygens (including phenoxy) is 1. The number of Topliss-reactive ketones (excluding diaryl/α,β-unsaturated/α-hetero) is 2. The van der Waals surface area contributed by atoms with Crippen molar-refractivity contribution >= 4 is 29.1 Å². The quantitative estimate of drug-likeness (QED) is 0.449. The molecule has 6 rings (SSSR count). The third-order valence-corrected chi connectivity index (χ3v) is 6.74. The molecule has 3 aromatic rings. The van der Waals surface area contributed by atoms with Gasteiger partial charge in [-0.1, -0.05) is 66.7 Å². The maximum atomic E-state index is 14.6. The smallest absolute Gasteiger partial charge is 0.241 e. The summed E-state index contributed by atoms with van der Waals surface area (Å²) in [6.45, 7) is 0. The molecule has 0 N–H and O–H groups in total. The molecule has 3 atom stereocenters. The molecule has 2 fully saturated rings. The number of nitrogens with zero attached hydrogens (tertiary/aromatic N) is 1. The molecule has 0 saturated carbocycles. The minimum atomic E-state index is -2.17. The summed E-state index contributed by atoms with van der Waals surface area (Å²) < 4.78 is 20.8. The van der Waals surface area contributed by atoms with Crippen LogP contribution in [0.5, 0.6) is 0 Å². The summed E-state index contributed by atoms with van der Waals surface area (Å²) in [6.07, 6.45) is -1.02. The van der Waals surface area contributed by atoms with Gasteiger partial charge in [0.2, 0.25) is 29.0 Å². The van der Waals surface area contributed by atoms with Gasteiger partial charge in [-0.2, -0.15) is 0 Å². The number of fused-ring (bicyclic) bond motifs is 3. The lowest BCUT2D eigenvalue weighted by molar-refractivity contribution is -0.127. The molecule has 1 aliphatic carbocycles. The second-order valence-corrected chi connectivity index (χ2v) is 8.36. The Kier molecular flexibility index (Phi) is 4.04. The number of anilines is 1. The Labute approximate surface area is 187 Å². The van der Waals surface area contributed by atoms with Gasteiger partial charge >= 0.3 is 0 Å². The second kappa shape index (κ2) is 6.76. The van der Waals surface area contributed by atoms with Crippen molar-refractivity contribution in [1.82, 2.24) is 0 Å². The molecule has 2 heterocycles. The maximum Gasteiger partial charge on any atom is 0.241 e. The van der Waals surface area contributed by atoms with E-state index in [-0.39, 0.29) is 16.8 Å². The molecule has 2 amide bonds. The fourth-order valence-electron chi connectivity index (χ4n) is 5.33.